The standard InChI is InChI=1S/C23H24F2N6O/c1-3-20(16-6-17(24)8-18(25)7-16)31(27-2)23(32)22-14-4-5-15(22)12-30(11-14)21-9-19(10-26)28-13-29-21/h6-9,13-15,20,22H,2-5,11-12H2,1H3. The number of nitrogens with zero attached hydrogens (tertiary/aromatic N) is 6. The van der Waals surface area contributed by atoms with Gasteiger partial charge in [-0.25, -0.2) is 23.8 Å². The highest BCUT2D eigenvalue weighted by molar-refractivity contribution is 5.81. The van der Waals surface area contributed by atoms with Crippen molar-refractivity contribution in [2.45, 2.75) is 32.2 Å². The zero-order chi connectivity index (χ0) is 22.8. The minimum Gasteiger partial charge on any atom is -0.356 e. The Balaban J connectivity index is 1.56. The summed E-state index contributed by atoms with van der Waals surface area (Å²) in [6, 6.07) is 6.37. The number of anilines is 1. The van der Waals surface area contributed by atoms with E-state index in [2.05, 4.69) is 26.7 Å². The molecule has 1 aliphatic carbocycles. The number of benzene rings is 1. The van der Waals surface area contributed by atoms with Crippen molar-refractivity contribution in [3.05, 3.63) is 53.5 Å². The Bertz CT molecular complexity index is 1040. The molecule has 0 N–H and O–H groups in total. The second-order valence-electron chi connectivity index (χ2n) is 8.35. The maximum atomic E-state index is 13.8. The number of hydrogen-bond acceptors (Lipinski definition) is 6. The van der Waals surface area contributed by atoms with Crippen LogP contribution in [0.1, 0.15) is 43.5 Å². The molecule has 1 aromatic carbocycles. The van der Waals surface area contributed by atoms with Crippen LogP contribution in [0.3, 0.4) is 0 Å². The maximum Gasteiger partial charge on any atom is 0.247 e. The van der Waals surface area contributed by atoms with Crippen molar-refractivity contribution >= 4 is 18.4 Å². The second-order valence-corrected chi connectivity index (χ2v) is 8.35. The van der Waals surface area contributed by atoms with Crippen molar-refractivity contribution in [3.8, 4) is 6.07 Å². The summed E-state index contributed by atoms with van der Waals surface area (Å²) in [6.07, 6.45) is 3.61. The average molecular weight is 438 g/mol. The maximum absolute atomic E-state index is 13.8. The van der Waals surface area contributed by atoms with E-state index < -0.39 is 17.7 Å². The van der Waals surface area contributed by atoms with Gasteiger partial charge >= 0.3 is 0 Å². The fraction of sp³-hybridized carbons (Fsp3) is 0.435. The summed E-state index contributed by atoms with van der Waals surface area (Å²) in [6.45, 7) is 6.68. The molecule has 3 atom stereocenters. The number of amides is 1. The first-order valence-electron chi connectivity index (χ1n) is 10.7. The lowest BCUT2D eigenvalue weighted by atomic mass is 9.83. The highest BCUT2D eigenvalue weighted by Gasteiger charge is 2.48. The lowest BCUT2D eigenvalue weighted by molar-refractivity contribution is -0.141. The molecule has 2 bridgehead atoms. The van der Waals surface area contributed by atoms with Gasteiger partial charge in [-0.1, -0.05) is 6.92 Å². The Morgan fingerprint density at radius 1 is 1.25 bits per heavy atom. The number of nitriles is 1. The van der Waals surface area contributed by atoms with E-state index in [4.69, 9.17) is 5.26 Å². The van der Waals surface area contributed by atoms with Crippen LogP contribution >= 0.6 is 0 Å². The molecule has 1 aliphatic heterocycles. The highest BCUT2D eigenvalue weighted by Crippen LogP contribution is 2.45. The normalized spacial score (nSPS) is 22.8. The third kappa shape index (κ3) is 4.05. The molecular formula is C23H24F2N6O. The molecule has 0 radical (unpaired) electrons. The van der Waals surface area contributed by atoms with E-state index in [9.17, 15) is 13.6 Å². The van der Waals surface area contributed by atoms with E-state index >= 15 is 0 Å². The molecule has 166 valence electrons. The molecule has 7 nitrogen and oxygen atoms in total. The number of piperidine rings is 1. The SMILES string of the molecule is C=NN(C(=O)C1C2CCC1CN(c1cc(C#N)ncn1)C2)C(CC)c1cc(F)cc(F)c1. The van der Waals surface area contributed by atoms with Crippen molar-refractivity contribution in [2.75, 3.05) is 18.0 Å². The average Bonchev–Trinajstić information content (AvgIpc) is 3.05. The lowest BCUT2D eigenvalue weighted by Crippen LogP contribution is -2.49. The molecule has 1 saturated carbocycles. The van der Waals surface area contributed by atoms with E-state index in [1.807, 2.05) is 13.0 Å². The smallest absolute Gasteiger partial charge is 0.247 e. The van der Waals surface area contributed by atoms with Gasteiger partial charge in [0, 0.05) is 37.9 Å². The monoisotopic (exact) mass is 438 g/mol. The molecule has 3 unspecified atom stereocenters. The number of rotatable bonds is 6. The molecule has 1 saturated heterocycles. The van der Waals surface area contributed by atoms with Crippen LogP contribution in [0.15, 0.2) is 35.7 Å². The van der Waals surface area contributed by atoms with Gasteiger partial charge in [0.15, 0.2) is 0 Å². The van der Waals surface area contributed by atoms with E-state index in [-0.39, 0.29) is 23.7 Å². The molecule has 1 aromatic heterocycles. The van der Waals surface area contributed by atoms with E-state index in [0.717, 1.165) is 18.9 Å². The first-order valence-corrected chi connectivity index (χ1v) is 10.7. The Kier molecular flexibility index (Phi) is 6.12. The van der Waals surface area contributed by atoms with Crippen molar-refractivity contribution in [3.63, 3.8) is 0 Å². The van der Waals surface area contributed by atoms with Crippen LogP contribution in [0.25, 0.3) is 0 Å². The minimum absolute atomic E-state index is 0.0905. The third-order valence-corrected chi connectivity index (χ3v) is 6.54. The molecule has 1 amide bonds. The molecule has 0 spiro atoms. The van der Waals surface area contributed by atoms with Crippen molar-refractivity contribution in [2.24, 2.45) is 22.9 Å². The van der Waals surface area contributed by atoms with Gasteiger partial charge in [0.1, 0.15) is 35.5 Å². The van der Waals surface area contributed by atoms with Gasteiger partial charge in [-0.15, -0.1) is 0 Å². The van der Waals surface area contributed by atoms with Gasteiger partial charge < -0.3 is 4.90 Å². The number of aromatic nitrogens is 2. The molecule has 9 heteroatoms. The summed E-state index contributed by atoms with van der Waals surface area (Å²) in [4.78, 5) is 23.9. The molecule has 4 rings (SSSR count). The van der Waals surface area contributed by atoms with Crippen LogP contribution in [0.4, 0.5) is 14.6 Å². The van der Waals surface area contributed by atoms with Crippen LogP contribution in [-0.2, 0) is 4.79 Å². The first kappa shape index (κ1) is 21.8. The summed E-state index contributed by atoms with van der Waals surface area (Å²) in [5, 5.41) is 14.4. The molecule has 2 aromatic rings. The fourth-order valence-corrected chi connectivity index (χ4v) is 5.19. The minimum atomic E-state index is -0.690. The predicted molar refractivity (Wildman–Crippen MR) is 114 cm³/mol. The third-order valence-electron chi connectivity index (χ3n) is 6.54. The van der Waals surface area contributed by atoms with E-state index in [1.54, 1.807) is 6.07 Å². The number of hydrazone groups is 1. The lowest BCUT2D eigenvalue weighted by Gasteiger charge is -2.40. The summed E-state index contributed by atoms with van der Waals surface area (Å²) >= 11 is 0. The topological polar surface area (TPSA) is 85.5 Å². The molecule has 2 fully saturated rings. The van der Waals surface area contributed by atoms with Gasteiger partial charge in [0.25, 0.3) is 0 Å². The van der Waals surface area contributed by atoms with Gasteiger partial charge in [0.2, 0.25) is 5.91 Å². The first-order chi connectivity index (χ1) is 15.4. The van der Waals surface area contributed by atoms with Crippen LogP contribution in [0.5, 0.6) is 0 Å². The number of hydrogen-bond donors (Lipinski definition) is 0. The van der Waals surface area contributed by atoms with Crippen LogP contribution < -0.4 is 4.90 Å². The molecule has 2 heterocycles. The predicted octanol–water partition coefficient (Wildman–Crippen LogP) is 3.68. The molecule has 2 aliphatic rings. The van der Waals surface area contributed by atoms with E-state index in [1.165, 1.54) is 23.5 Å². The number of fused-ring (bicyclic) bond motifs is 2. The van der Waals surface area contributed by atoms with Crippen LogP contribution in [0.2, 0.25) is 0 Å². The van der Waals surface area contributed by atoms with Gasteiger partial charge in [-0.2, -0.15) is 10.4 Å². The zero-order valence-electron chi connectivity index (χ0n) is 17.8. The van der Waals surface area contributed by atoms with Crippen LogP contribution in [-0.4, -0.2) is 40.7 Å². The summed E-state index contributed by atoms with van der Waals surface area (Å²) in [5.41, 5.74) is 0.663. The zero-order valence-corrected chi connectivity index (χ0v) is 17.8. The van der Waals surface area contributed by atoms with Crippen LogP contribution in [0, 0.1) is 40.7 Å². The number of halogens is 2. The Morgan fingerprint density at radius 2 is 1.91 bits per heavy atom. The largest absolute Gasteiger partial charge is 0.356 e. The molecule has 32 heavy (non-hydrogen) atoms. The van der Waals surface area contributed by atoms with Gasteiger partial charge in [0.05, 0.1) is 6.04 Å². The second kappa shape index (κ2) is 8.99. The van der Waals surface area contributed by atoms with Crippen molar-refractivity contribution in [1.82, 2.24) is 15.0 Å². The highest BCUT2D eigenvalue weighted by atomic mass is 19.1. The van der Waals surface area contributed by atoms with Crippen molar-refractivity contribution < 1.29 is 13.6 Å². The van der Waals surface area contributed by atoms with Gasteiger partial charge in [-0.05, 0) is 48.8 Å². The van der Waals surface area contributed by atoms with Gasteiger partial charge in [-0.3, -0.25) is 4.79 Å². The summed E-state index contributed by atoms with van der Waals surface area (Å²) in [5.74, 6) is -0.930. The quantitative estimate of drug-likeness (QED) is 0.507. The van der Waals surface area contributed by atoms with Crippen molar-refractivity contribution in [1.29, 1.82) is 5.26 Å². The number of carbonyl (C=O) groups is 1. The Morgan fingerprint density at radius 3 is 2.47 bits per heavy atom. The summed E-state index contributed by atoms with van der Waals surface area (Å²) < 4.78 is 27.6. The Hall–Kier alpha value is -3.41. The fourth-order valence-electron chi connectivity index (χ4n) is 5.19. The van der Waals surface area contributed by atoms with E-state index in [0.29, 0.717) is 36.6 Å². The number of carbonyl (C=O) groups excluding carboxylic acids is 1. The molecular weight excluding hydrogens is 414 g/mol. The Labute approximate surface area is 185 Å². The summed E-state index contributed by atoms with van der Waals surface area (Å²) in [7, 11) is 0.